The van der Waals surface area contributed by atoms with Crippen LogP contribution in [0.3, 0.4) is 0 Å². The van der Waals surface area contributed by atoms with E-state index in [4.69, 9.17) is 11.6 Å². The van der Waals surface area contributed by atoms with Crippen molar-refractivity contribution in [1.82, 2.24) is 4.98 Å². The number of fused-ring (bicyclic) bond motifs is 1. The number of pyridine rings is 1. The Morgan fingerprint density at radius 1 is 1.41 bits per heavy atom. The average molecular weight is 249 g/mol. The summed E-state index contributed by atoms with van der Waals surface area (Å²) < 4.78 is 0. The summed E-state index contributed by atoms with van der Waals surface area (Å²) in [6, 6.07) is 6.67. The zero-order chi connectivity index (χ0) is 12.4. The normalized spacial score (nSPS) is 10.2. The van der Waals surface area contributed by atoms with Gasteiger partial charge >= 0.3 is 0 Å². The second-order valence-electron chi connectivity index (χ2n) is 3.56. The van der Waals surface area contributed by atoms with E-state index in [2.05, 4.69) is 10.3 Å². The molecule has 0 atom stereocenters. The van der Waals surface area contributed by atoms with Crippen LogP contribution in [0.4, 0.5) is 5.69 Å². The predicted octanol–water partition coefficient (Wildman–Crippen LogP) is 2.66. The quantitative estimate of drug-likeness (QED) is 0.832. The number of carbonyl (C=O) groups excluding carboxylic acids is 2. The number of carbonyl (C=O) groups is 2. The summed E-state index contributed by atoms with van der Waals surface area (Å²) in [5.41, 5.74) is 1.37. The summed E-state index contributed by atoms with van der Waals surface area (Å²) in [6.07, 6.45) is 0.658. The zero-order valence-corrected chi connectivity index (χ0v) is 9.78. The largest absolute Gasteiger partial charge is 0.324 e. The molecule has 0 bridgehead atoms. The van der Waals surface area contributed by atoms with Crippen molar-refractivity contribution < 1.29 is 9.59 Å². The van der Waals surface area contributed by atoms with E-state index in [0.717, 1.165) is 5.39 Å². The molecule has 5 heteroatoms. The molecule has 0 unspecified atom stereocenters. The molecule has 1 heterocycles. The molecular weight excluding hydrogens is 240 g/mol. The Morgan fingerprint density at radius 2 is 2.18 bits per heavy atom. The molecule has 86 valence electrons. The van der Waals surface area contributed by atoms with Gasteiger partial charge < -0.3 is 5.32 Å². The second-order valence-corrected chi connectivity index (χ2v) is 4.00. The highest BCUT2D eigenvalue weighted by Crippen LogP contribution is 2.26. The van der Waals surface area contributed by atoms with Gasteiger partial charge in [-0.2, -0.15) is 0 Å². The third-order valence-electron chi connectivity index (χ3n) is 2.21. The van der Waals surface area contributed by atoms with Crippen molar-refractivity contribution in [2.45, 2.75) is 6.92 Å². The lowest BCUT2D eigenvalue weighted by Gasteiger charge is -2.07. The summed E-state index contributed by atoms with van der Waals surface area (Å²) in [6.45, 7) is 1.40. The van der Waals surface area contributed by atoms with Gasteiger partial charge in [-0.05, 0) is 18.2 Å². The van der Waals surface area contributed by atoms with Crippen LogP contribution < -0.4 is 5.32 Å². The lowest BCUT2D eigenvalue weighted by molar-refractivity contribution is -0.114. The van der Waals surface area contributed by atoms with Gasteiger partial charge in [-0.3, -0.25) is 9.59 Å². The van der Waals surface area contributed by atoms with Crippen molar-refractivity contribution in [3.63, 3.8) is 0 Å². The van der Waals surface area contributed by atoms with Gasteiger partial charge in [0.05, 0.1) is 11.2 Å². The number of aldehydes is 1. The van der Waals surface area contributed by atoms with Gasteiger partial charge in [0.15, 0.2) is 6.29 Å². The van der Waals surface area contributed by atoms with E-state index in [1.807, 2.05) is 0 Å². The molecule has 0 aliphatic rings. The SMILES string of the molecule is CC(=O)Nc1cc(Cl)cc2ccc(C=O)nc12. The monoisotopic (exact) mass is 248 g/mol. The molecular formula is C12H9ClN2O2. The van der Waals surface area contributed by atoms with Crippen LogP contribution in [0, 0.1) is 0 Å². The summed E-state index contributed by atoms with van der Waals surface area (Å²) >= 11 is 5.93. The van der Waals surface area contributed by atoms with Crippen LogP contribution in [0.1, 0.15) is 17.4 Å². The first-order valence-electron chi connectivity index (χ1n) is 4.93. The van der Waals surface area contributed by atoms with Crippen molar-refractivity contribution >= 4 is 40.4 Å². The van der Waals surface area contributed by atoms with E-state index in [0.29, 0.717) is 28.2 Å². The number of amides is 1. The van der Waals surface area contributed by atoms with Crippen LogP contribution in [0.25, 0.3) is 10.9 Å². The minimum atomic E-state index is -0.216. The van der Waals surface area contributed by atoms with Crippen LogP contribution in [0.5, 0.6) is 0 Å². The Morgan fingerprint density at radius 3 is 2.82 bits per heavy atom. The van der Waals surface area contributed by atoms with Crippen molar-refractivity contribution in [3.05, 3.63) is 35.0 Å². The van der Waals surface area contributed by atoms with Crippen LogP contribution in [-0.2, 0) is 4.79 Å². The highest BCUT2D eigenvalue weighted by Gasteiger charge is 2.07. The fourth-order valence-corrected chi connectivity index (χ4v) is 1.79. The number of halogens is 1. The zero-order valence-electron chi connectivity index (χ0n) is 9.03. The van der Waals surface area contributed by atoms with E-state index in [1.54, 1.807) is 24.3 Å². The van der Waals surface area contributed by atoms with Gasteiger partial charge in [0.1, 0.15) is 5.69 Å². The van der Waals surface area contributed by atoms with Crippen LogP contribution in [0.15, 0.2) is 24.3 Å². The third-order valence-corrected chi connectivity index (χ3v) is 2.43. The maximum absolute atomic E-state index is 11.1. The number of benzene rings is 1. The van der Waals surface area contributed by atoms with E-state index in [9.17, 15) is 9.59 Å². The van der Waals surface area contributed by atoms with Gasteiger partial charge in [0.25, 0.3) is 0 Å². The Bertz CT molecular complexity index is 611. The number of hydrogen-bond donors (Lipinski definition) is 1. The van der Waals surface area contributed by atoms with E-state index >= 15 is 0 Å². The van der Waals surface area contributed by atoms with Crippen LogP contribution in [-0.4, -0.2) is 17.2 Å². The molecule has 1 aromatic carbocycles. The van der Waals surface area contributed by atoms with Crippen LogP contribution >= 0.6 is 11.6 Å². The van der Waals surface area contributed by atoms with Gasteiger partial charge in [0.2, 0.25) is 5.91 Å². The maximum atomic E-state index is 11.1. The van der Waals surface area contributed by atoms with Gasteiger partial charge in [0, 0.05) is 17.3 Å². The molecule has 0 saturated heterocycles. The van der Waals surface area contributed by atoms with Crippen molar-refractivity contribution in [1.29, 1.82) is 0 Å². The van der Waals surface area contributed by atoms with Gasteiger partial charge in [-0.1, -0.05) is 17.7 Å². The maximum Gasteiger partial charge on any atom is 0.221 e. The Kier molecular flexibility index (Phi) is 3.06. The Balaban J connectivity index is 2.69. The Labute approximate surface area is 103 Å². The molecule has 0 spiro atoms. The number of nitrogens with zero attached hydrogens (tertiary/aromatic N) is 1. The highest BCUT2D eigenvalue weighted by molar-refractivity contribution is 6.32. The van der Waals surface area contributed by atoms with Crippen molar-refractivity contribution in [2.24, 2.45) is 0 Å². The van der Waals surface area contributed by atoms with Gasteiger partial charge in [-0.25, -0.2) is 4.98 Å². The molecule has 2 aromatic rings. The first kappa shape index (κ1) is 11.5. The second kappa shape index (κ2) is 4.51. The summed E-state index contributed by atoms with van der Waals surface area (Å²) in [5, 5.41) is 3.91. The molecule has 0 radical (unpaired) electrons. The first-order valence-corrected chi connectivity index (χ1v) is 5.31. The number of rotatable bonds is 2. The predicted molar refractivity (Wildman–Crippen MR) is 66.4 cm³/mol. The van der Waals surface area contributed by atoms with Gasteiger partial charge in [-0.15, -0.1) is 0 Å². The minimum absolute atomic E-state index is 0.216. The smallest absolute Gasteiger partial charge is 0.221 e. The van der Waals surface area contributed by atoms with Crippen molar-refractivity contribution in [3.8, 4) is 0 Å². The molecule has 1 amide bonds. The number of anilines is 1. The number of aromatic nitrogens is 1. The van der Waals surface area contributed by atoms with Crippen molar-refractivity contribution in [2.75, 3.05) is 5.32 Å². The fraction of sp³-hybridized carbons (Fsp3) is 0.0833. The molecule has 1 aromatic heterocycles. The molecule has 0 aliphatic carbocycles. The first-order chi connectivity index (χ1) is 8.10. The molecule has 0 aliphatic heterocycles. The highest BCUT2D eigenvalue weighted by atomic mass is 35.5. The average Bonchev–Trinajstić information content (AvgIpc) is 2.27. The topological polar surface area (TPSA) is 59.1 Å². The van der Waals surface area contributed by atoms with E-state index < -0.39 is 0 Å². The lowest BCUT2D eigenvalue weighted by Crippen LogP contribution is -2.07. The summed E-state index contributed by atoms with van der Waals surface area (Å²) in [5.74, 6) is -0.216. The molecule has 17 heavy (non-hydrogen) atoms. The molecule has 0 saturated carbocycles. The standard InChI is InChI=1S/C12H9ClN2O2/c1-7(17)14-11-5-9(13)4-8-2-3-10(6-16)15-12(8)11/h2-6H,1H3,(H,14,17). The summed E-state index contributed by atoms with van der Waals surface area (Å²) in [7, 11) is 0. The molecule has 0 fully saturated rings. The molecule has 1 N–H and O–H groups in total. The lowest BCUT2D eigenvalue weighted by atomic mass is 10.1. The minimum Gasteiger partial charge on any atom is -0.324 e. The summed E-state index contributed by atoms with van der Waals surface area (Å²) in [4.78, 5) is 25.9. The van der Waals surface area contributed by atoms with E-state index in [-0.39, 0.29) is 5.91 Å². The molecule has 2 rings (SSSR count). The number of nitrogens with one attached hydrogen (secondary N) is 1. The number of hydrogen-bond acceptors (Lipinski definition) is 3. The Hall–Kier alpha value is -1.94. The van der Waals surface area contributed by atoms with Crippen LogP contribution in [0.2, 0.25) is 5.02 Å². The molecule has 4 nitrogen and oxygen atoms in total. The van der Waals surface area contributed by atoms with E-state index in [1.165, 1.54) is 6.92 Å². The third kappa shape index (κ3) is 2.42. The fourth-order valence-electron chi connectivity index (χ4n) is 1.56.